The van der Waals surface area contributed by atoms with Crippen LogP contribution in [-0.2, 0) is 14.4 Å². The highest BCUT2D eigenvalue weighted by Gasteiger charge is 2.33. The van der Waals surface area contributed by atoms with Crippen molar-refractivity contribution in [2.45, 2.75) is 18.9 Å². The lowest BCUT2D eigenvalue weighted by Gasteiger charge is -2.36. The number of hydrogen-bond acceptors (Lipinski definition) is 6. The minimum Gasteiger partial charge on any atom is -0.485 e. The van der Waals surface area contributed by atoms with Crippen LogP contribution in [0, 0.1) is 0 Å². The molecule has 3 aliphatic heterocycles. The number of carbonyl (C=O) groups excluding carboxylic acids is 3. The molecule has 0 aliphatic carbocycles. The zero-order valence-electron chi connectivity index (χ0n) is 18.9. The van der Waals surface area contributed by atoms with Gasteiger partial charge in [0, 0.05) is 50.5 Å². The molecule has 3 aliphatic rings. The number of rotatable bonds is 5. The molecule has 2 saturated heterocycles. The Morgan fingerprint density at radius 1 is 0.941 bits per heavy atom. The molecule has 3 heterocycles. The molecule has 2 aromatic rings. The standard InChI is InChI=1S/C25H28N4O5/c30-23(26-18-7-9-19(10-8-18)29-11-3-6-24(29)31)16-27-12-14-28(15-13-27)25(32)22-17-33-20-4-1-2-5-21(20)34-22/h1-2,4-5,7-10,22H,3,6,11-17H2,(H,26,30)/t22-/m1/s1. The minimum atomic E-state index is -0.649. The molecule has 9 heteroatoms. The van der Waals surface area contributed by atoms with Crippen molar-refractivity contribution >= 4 is 29.1 Å². The molecule has 3 amide bonds. The summed E-state index contributed by atoms with van der Waals surface area (Å²) in [4.78, 5) is 42.8. The van der Waals surface area contributed by atoms with Crippen LogP contribution in [0.3, 0.4) is 0 Å². The quantitative estimate of drug-likeness (QED) is 0.725. The van der Waals surface area contributed by atoms with Gasteiger partial charge in [-0.15, -0.1) is 0 Å². The maximum absolute atomic E-state index is 12.9. The molecule has 9 nitrogen and oxygen atoms in total. The Morgan fingerprint density at radius 3 is 2.38 bits per heavy atom. The van der Waals surface area contributed by atoms with Gasteiger partial charge in [0.15, 0.2) is 11.5 Å². The zero-order chi connectivity index (χ0) is 23.5. The van der Waals surface area contributed by atoms with Crippen molar-refractivity contribution in [3.8, 4) is 11.5 Å². The molecule has 1 atom stereocenters. The van der Waals surface area contributed by atoms with Crippen LogP contribution in [-0.4, -0.2) is 79.5 Å². The van der Waals surface area contributed by atoms with Crippen LogP contribution in [0.4, 0.5) is 11.4 Å². The van der Waals surface area contributed by atoms with E-state index in [1.807, 2.05) is 47.4 Å². The number of amides is 3. The fourth-order valence-corrected chi connectivity index (χ4v) is 4.52. The number of para-hydroxylation sites is 2. The van der Waals surface area contributed by atoms with E-state index in [4.69, 9.17) is 9.47 Å². The second-order valence-electron chi connectivity index (χ2n) is 8.71. The molecular formula is C25H28N4O5. The Labute approximate surface area is 198 Å². The van der Waals surface area contributed by atoms with Gasteiger partial charge in [-0.3, -0.25) is 19.3 Å². The first kappa shape index (κ1) is 22.2. The third-order valence-corrected chi connectivity index (χ3v) is 6.37. The van der Waals surface area contributed by atoms with Crippen molar-refractivity contribution in [3.05, 3.63) is 48.5 Å². The van der Waals surface area contributed by atoms with Gasteiger partial charge in [0.1, 0.15) is 6.61 Å². The highest BCUT2D eigenvalue weighted by Crippen LogP contribution is 2.31. The molecule has 2 fully saturated rings. The number of carbonyl (C=O) groups is 3. The summed E-state index contributed by atoms with van der Waals surface area (Å²) < 4.78 is 11.5. The van der Waals surface area contributed by atoms with Gasteiger partial charge in [0.2, 0.25) is 17.9 Å². The van der Waals surface area contributed by atoms with Gasteiger partial charge in [-0.2, -0.15) is 0 Å². The van der Waals surface area contributed by atoms with Crippen molar-refractivity contribution in [1.29, 1.82) is 0 Å². The van der Waals surface area contributed by atoms with Gasteiger partial charge in [0.25, 0.3) is 5.91 Å². The molecule has 0 bridgehead atoms. The van der Waals surface area contributed by atoms with Gasteiger partial charge >= 0.3 is 0 Å². The van der Waals surface area contributed by atoms with E-state index in [1.54, 1.807) is 15.9 Å². The van der Waals surface area contributed by atoms with Crippen molar-refractivity contribution < 1.29 is 23.9 Å². The summed E-state index contributed by atoms with van der Waals surface area (Å²) in [5, 5.41) is 2.91. The van der Waals surface area contributed by atoms with E-state index in [-0.39, 0.29) is 30.9 Å². The smallest absolute Gasteiger partial charge is 0.267 e. The second-order valence-corrected chi connectivity index (χ2v) is 8.71. The number of anilines is 2. The van der Waals surface area contributed by atoms with Crippen molar-refractivity contribution in [2.24, 2.45) is 0 Å². The largest absolute Gasteiger partial charge is 0.485 e. The molecule has 178 valence electrons. The molecular weight excluding hydrogens is 436 g/mol. The van der Waals surface area contributed by atoms with E-state index >= 15 is 0 Å². The molecule has 0 aromatic heterocycles. The number of nitrogens with zero attached hydrogens (tertiary/aromatic N) is 3. The summed E-state index contributed by atoms with van der Waals surface area (Å²) in [6.07, 6.45) is 0.821. The molecule has 1 N–H and O–H groups in total. The molecule has 5 rings (SSSR count). The normalized spacial score (nSPS) is 20.4. The Balaban J connectivity index is 1.07. The summed E-state index contributed by atoms with van der Waals surface area (Å²) in [5.41, 5.74) is 1.56. The summed E-state index contributed by atoms with van der Waals surface area (Å²) in [5.74, 6) is 1.19. The number of fused-ring (bicyclic) bond motifs is 1. The van der Waals surface area contributed by atoms with Gasteiger partial charge < -0.3 is 24.6 Å². The first-order valence-corrected chi connectivity index (χ1v) is 11.7. The topological polar surface area (TPSA) is 91.4 Å². The van der Waals surface area contributed by atoms with Crippen molar-refractivity contribution in [3.63, 3.8) is 0 Å². The molecule has 2 aromatic carbocycles. The molecule has 0 radical (unpaired) electrons. The van der Waals surface area contributed by atoms with E-state index in [2.05, 4.69) is 5.32 Å². The molecule has 0 saturated carbocycles. The maximum Gasteiger partial charge on any atom is 0.267 e. The number of ether oxygens (including phenoxy) is 2. The van der Waals surface area contributed by atoms with E-state index in [0.29, 0.717) is 49.8 Å². The van der Waals surface area contributed by atoms with Gasteiger partial charge in [-0.25, -0.2) is 0 Å². The lowest BCUT2D eigenvalue weighted by atomic mass is 10.2. The Bertz CT molecular complexity index is 1070. The third-order valence-electron chi connectivity index (χ3n) is 6.37. The highest BCUT2D eigenvalue weighted by atomic mass is 16.6. The first-order chi connectivity index (χ1) is 16.6. The highest BCUT2D eigenvalue weighted by molar-refractivity contribution is 5.96. The average Bonchev–Trinajstić information content (AvgIpc) is 3.30. The van der Waals surface area contributed by atoms with E-state index in [9.17, 15) is 14.4 Å². The van der Waals surface area contributed by atoms with E-state index in [0.717, 1.165) is 18.7 Å². The summed E-state index contributed by atoms with van der Waals surface area (Å²) in [6, 6.07) is 14.7. The van der Waals surface area contributed by atoms with Crippen LogP contribution >= 0.6 is 0 Å². The van der Waals surface area contributed by atoms with Crippen LogP contribution in [0.15, 0.2) is 48.5 Å². The number of benzene rings is 2. The number of nitrogens with one attached hydrogen (secondary N) is 1. The van der Waals surface area contributed by atoms with Gasteiger partial charge in [0.05, 0.1) is 6.54 Å². The molecule has 0 unspecified atom stereocenters. The number of piperazine rings is 1. The molecule has 34 heavy (non-hydrogen) atoms. The van der Waals surface area contributed by atoms with Gasteiger partial charge in [-0.1, -0.05) is 12.1 Å². The SMILES string of the molecule is O=C(CN1CCN(C(=O)[C@H]2COc3ccccc3O2)CC1)Nc1ccc(N2CCCC2=O)cc1. The van der Waals surface area contributed by atoms with Crippen LogP contribution in [0.5, 0.6) is 11.5 Å². The summed E-state index contributed by atoms with van der Waals surface area (Å²) >= 11 is 0. The lowest BCUT2D eigenvalue weighted by molar-refractivity contribution is -0.143. The summed E-state index contributed by atoms with van der Waals surface area (Å²) in [6.45, 7) is 3.48. The fourth-order valence-electron chi connectivity index (χ4n) is 4.52. The third kappa shape index (κ3) is 4.84. The molecule has 0 spiro atoms. The monoisotopic (exact) mass is 464 g/mol. The maximum atomic E-state index is 12.9. The fraction of sp³-hybridized carbons (Fsp3) is 0.400. The zero-order valence-corrected chi connectivity index (χ0v) is 18.9. The predicted molar refractivity (Wildman–Crippen MR) is 126 cm³/mol. The van der Waals surface area contributed by atoms with Crippen molar-refractivity contribution in [2.75, 3.05) is 56.1 Å². The van der Waals surface area contributed by atoms with Crippen LogP contribution in [0.1, 0.15) is 12.8 Å². The van der Waals surface area contributed by atoms with Crippen LogP contribution in [0.25, 0.3) is 0 Å². The summed E-state index contributed by atoms with van der Waals surface area (Å²) in [7, 11) is 0. The van der Waals surface area contributed by atoms with E-state index in [1.165, 1.54) is 0 Å². The minimum absolute atomic E-state index is 0.0878. The van der Waals surface area contributed by atoms with Crippen LogP contribution in [0.2, 0.25) is 0 Å². The van der Waals surface area contributed by atoms with Crippen molar-refractivity contribution in [1.82, 2.24) is 9.80 Å². The lowest BCUT2D eigenvalue weighted by Crippen LogP contribution is -2.54. The Kier molecular flexibility index (Phi) is 6.35. The Hall–Kier alpha value is -3.59. The second kappa shape index (κ2) is 9.72. The van der Waals surface area contributed by atoms with E-state index < -0.39 is 6.10 Å². The predicted octanol–water partition coefficient (Wildman–Crippen LogP) is 1.74. The Morgan fingerprint density at radius 2 is 1.68 bits per heavy atom. The first-order valence-electron chi connectivity index (χ1n) is 11.7. The van der Waals surface area contributed by atoms with Gasteiger partial charge in [-0.05, 0) is 42.8 Å². The number of hydrogen-bond donors (Lipinski definition) is 1. The van der Waals surface area contributed by atoms with Crippen LogP contribution < -0.4 is 19.7 Å². The average molecular weight is 465 g/mol.